The third-order valence-corrected chi connectivity index (χ3v) is 10.4. The lowest BCUT2D eigenvalue weighted by Gasteiger charge is -2.27. The largest absolute Gasteiger partial charge is 0.404 e. The molecule has 1 heterocycles. The Labute approximate surface area is 228 Å². The number of alkyl halides is 2. The Morgan fingerprint density at radius 3 is 1.84 bits per heavy atom. The second kappa shape index (κ2) is 12.3. The fourth-order valence-corrected chi connectivity index (χ4v) is 6.96. The number of carbonyl (C=O) groups is 3. The van der Waals surface area contributed by atoms with Gasteiger partial charge in [0.05, 0.1) is 18.1 Å². The van der Waals surface area contributed by atoms with Crippen molar-refractivity contribution in [2.45, 2.75) is 47.2 Å². The minimum atomic E-state index is -5.11. The maximum Gasteiger partial charge on any atom is 0.404 e. The predicted octanol–water partition coefficient (Wildman–Crippen LogP) is 6.89. The molecule has 206 valence electrons. The summed E-state index contributed by atoms with van der Waals surface area (Å²) in [4.78, 5) is 35.9. The second-order valence-corrected chi connectivity index (χ2v) is 15.5. The number of halogens is 2. The van der Waals surface area contributed by atoms with Crippen LogP contribution in [0.2, 0.25) is 0 Å². The first-order chi connectivity index (χ1) is 16.9. The number of rotatable bonds is 11. The topological polar surface area (TPSA) is 113 Å². The summed E-state index contributed by atoms with van der Waals surface area (Å²) in [6.45, 7) is 9.54. The Morgan fingerprint density at radius 1 is 0.919 bits per heavy atom. The summed E-state index contributed by atoms with van der Waals surface area (Å²) >= 11 is 2.85. The lowest BCUT2D eigenvalue weighted by atomic mass is 9.99. The van der Waals surface area contributed by atoms with Crippen LogP contribution in [0.3, 0.4) is 0 Å². The Kier molecular flexibility index (Phi) is 10.6. The Balaban J connectivity index is 2.26. The van der Waals surface area contributed by atoms with E-state index in [0.29, 0.717) is 10.1 Å². The first-order valence-corrected chi connectivity index (χ1v) is 15.7. The summed E-state index contributed by atoms with van der Waals surface area (Å²) in [6, 6.07) is 4.99. The van der Waals surface area contributed by atoms with Gasteiger partial charge in [-0.05, 0) is 23.6 Å². The number of hydrogen-bond donors (Lipinski definition) is 1. The van der Waals surface area contributed by atoms with Crippen LogP contribution in [-0.4, -0.2) is 40.9 Å². The predicted molar refractivity (Wildman–Crippen MR) is 148 cm³/mol. The molecule has 2 N–H and O–H groups in total. The van der Waals surface area contributed by atoms with Gasteiger partial charge in [-0.3, -0.25) is 18.9 Å². The van der Waals surface area contributed by atoms with Gasteiger partial charge in [0.15, 0.2) is 10.2 Å². The quantitative estimate of drug-likeness (QED) is 0.221. The lowest BCUT2D eigenvalue weighted by Crippen LogP contribution is -2.21. The molecule has 0 saturated carbocycles. The van der Waals surface area contributed by atoms with Gasteiger partial charge >= 0.3 is 13.3 Å². The normalized spacial score (nSPS) is 13.2. The van der Waals surface area contributed by atoms with Crippen LogP contribution in [0.5, 0.6) is 0 Å². The van der Waals surface area contributed by atoms with Crippen molar-refractivity contribution in [2.24, 2.45) is 16.6 Å². The molecule has 0 aliphatic rings. The van der Waals surface area contributed by atoms with E-state index in [0.717, 1.165) is 47.0 Å². The summed E-state index contributed by atoms with van der Waals surface area (Å²) in [6.07, 6.45) is 0. The van der Waals surface area contributed by atoms with Gasteiger partial charge in [-0.2, -0.15) is 8.78 Å². The van der Waals surface area contributed by atoms with Gasteiger partial charge in [-0.25, -0.2) is 0 Å². The number of nitrogens with two attached hydrogens (primary N) is 1. The van der Waals surface area contributed by atoms with Gasteiger partial charge in [0, 0.05) is 32.6 Å². The van der Waals surface area contributed by atoms with Gasteiger partial charge in [0.2, 0.25) is 0 Å². The molecular weight excluding hydrogens is 563 g/mol. The number of carbonyl (C=O) groups excluding carboxylic acids is 3. The fourth-order valence-electron chi connectivity index (χ4n) is 2.73. The molecule has 7 nitrogen and oxygen atoms in total. The molecule has 1 aromatic carbocycles. The molecule has 2 rings (SSSR count). The Bertz CT molecular complexity index is 1170. The zero-order chi connectivity index (χ0) is 28.2. The number of primary amides is 1. The molecule has 0 unspecified atom stereocenters. The minimum Gasteiger partial charge on any atom is -0.365 e. The molecule has 0 fully saturated rings. The maximum absolute atomic E-state index is 15.7. The van der Waals surface area contributed by atoms with E-state index in [1.54, 1.807) is 41.5 Å². The molecule has 13 heteroatoms. The molecule has 1 amide bonds. The highest BCUT2D eigenvalue weighted by atomic mass is 32.2. The van der Waals surface area contributed by atoms with E-state index in [2.05, 4.69) is 0 Å². The lowest BCUT2D eigenvalue weighted by molar-refractivity contribution is -0.118. The van der Waals surface area contributed by atoms with Crippen LogP contribution in [0.25, 0.3) is 10.1 Å². The molecular formula is C24H32F2NO6PS3. The van der Waals surface area contributed by atoms with Crippen LogP contribution in [-0.2, 0) is 28.9 Å². The number of hydrogen-bond acceptors (Lipinski definition) is 9. The molecule has 0 atom stereocenters. The van der Waals surface area contributed by atoms with E-state index in [1.165, 1.54) is 12.1 Å². The first kappa shape index (κ1) is 31.9. The van der Waals surface area contributed by atoms with Crippen LogP contribution in [0.4, 0.5) is 8.78 Å². The van der Waals surface area contributed by atoms with Crippen molar-refractivity contribution >= 4 is 68.7 Å². The molecule has 37 heavy (non-hydrogen) atoms. The number of thiophene rings is 1. The third kappa shape index (κ3) is 8.34. The number of thioether (sulfide) groups is 2. The van der Waals surface area contributed by atoms with Crippen molar-refractivity contribution in [1.82, 2.24) is 0 Å². The smallest absolute Gasteiger partial charge is 0.365 e. The Morgan fingerprint density at radius 2 is 1.41 bits per heavy atom. The maximum atomic E-state index is 15.7. The summed E-state index contributed by atoms with van der Waals surface area (Å²) < 4.78 is 55.8. The van der Waals surface area contributed by atoms with Crippen molar-refractivity contribution < 1.29 is 36.8 Å². The zero-order valence-electron chi connectivity index (χ0n) is 21.6. The molecule has 1 aromatic heterocycles. The zero-order valence-corrected chi connectivity index (χ0v) is 24.9. The molecule has 2 aromatic rings. The van der Waals surface area contributed by atoms with Gasteiger partial charge in [0.25, 0.3) is 5.91 Å². The van der Waals surface area contributed by atoms with E-state index in [9.17, 15) is 18.9 Å². The van der Waals surface area contributed by atoms with E-state index >= 15 is 8.78 Å². The summed E-state index contributed by atoms with van der Waals surface area (Å²) in [5.74, 6) is -0.679. The average Bonchev–Trinajstić information content (AvgIpc) is 3.21. The first-order valence-electron chi connectivity index (χ1n) is 11.3. The van der Waals surface area contributed by atoms with Crippen molar-refractivity contribution in [3.63, 3.8) is 0 Å². The minimum absolute atomic E-state index is 0.00231. The highest BCUT2D eigenvalue weighted by Crippen LogP contribution is 2.67. The highest BCUT2D eigenvalue weighted by Gasteiger charge is 2.55. The van der Waals surface area contributed by atoms with Crippen LogP contribution >= 0.6 is 42.5 Å². The van der Waals surface area contributed by atoms with Crippen molar-refractivity contribution in [2.75, 3.05) is 24.7 Å². The van der Waals surface area contributed by atoms with Crippen molar-refractivity contribution in [3.05, 3.63) is 34.7 Å². The summed E-state index contributed by atoms with van der Waals surface area (Å²) in [5, 5.41) is 0.00733. The van der Waals surface area contributed by atoms with Gasteiger partial charge in [0.1, 0.15) is 0 Å². The third-order valence-electron chi connectivity index (χ3n) is 4.83. The highest BCUT2D eigenvalue weighted by molar-refractivity contribution is 8.14. The second-order valence-electron chi connectivity index (χ2n) is 10.2. The molecule has 0 aliphatic heterocycles. The summed E-state index contributed by atoms with van der Waals surface area (Å²) in [7, 11) is -5.11. The van der Waals surface area contributed by atoms with E-state index in [1.807, 2.05) is 0 Å². The van der Waals surface area contributed by atoms with Gasteiger partial charge < -0.3 is 14.8 Å². The fraction of sp³-hybridized carbons (Fsp3) is 0.542. The van der Waals surface area contributed by atoms with E-state index in [-0.39, 0.29) is 26.6 Å². The Hall–Kier alpha value is -1.30. The van der Waals surface area contributed by atoms with Crippen LogP contribution in [0.1, 0.15) is 56.8 Å². The molecule has 0 radical (unpaired) electrons. The van der Waals surface area contributed by atoms with Crippen LogP contribution in [0, 0.1) is 10.8 Å². The van der Waals surface area contributed by atoms with E-state index in [4.69, 9.17) is 14.8 Å². The van der Waals surface area contributed by atoms with Crippen LogP contribution in [0.15, 0.2) is 24.3 Å². The molecule has 0 spiro atoms. The number of benzene rings is 1. The number of fused-ring (bicyclic) bond motifs is 1. The van der Waals surface area contributed by atoms with E-state index < -0.39 is 48.8 Å². The van der Waals surface area contributed by atoms with Crippen molar-refractivity contribution in [3.8, 4) is 0 Å². The number of amides is 1. The summed E-state index contributed by atoms with van der Waals surface area (Å²) in [5.41, 5.74) is -0.642. The van der Waals surface area contributed by atoms with Crippen LogP contribution < -0.4 is 5.73 Å². The molecule has 0 bridgehead atoms. The SMILES string of the molecule is CC(C)(C)C(=O)SCCOP(=O)(OCCSC(=O)C(C)(C)C)C(F)(F)c1ccc2sc(C(N)=O)cc2c1. The van der Waals surface area contributed by atoms with Gasteiger partial charge in [-0.15, -0.1) is 11.3 Å². The van der Waals surface area contributed by atoms with Crippen molar-refractivity contribution in [1.29, 1.82) is 0 Å². The molecule has 0 aliphatic carbocycles. The molecule has 0 saturated heterocycles. The average molecular weight is 596 g/mol. The monoisotopic (exact) mass is 595 g/mol. The van der Waals surface area contributed by atoms with Gasteiger partial charge in [-0.1, -0.05) is 71.1 Å². The standard InChI is InChI=1S/C24H32F2NO6PS3/c1-22(2,3)20(29)35-11-9-32-34(31,33-10-12-36-21(30)23(4,5)6)24(25,26)16-7-8-17-15(13-16)14-18(37-17)19(27)28/h7-8,13-14H,9-12H2,1-6H3,(H2,27,28).